The van der Waals surface area contributed by atoms with Crippen LogP contribution >= 0.6 is 0 Å². The van der Waals surface area contributed by atoms with Crippen LogP contribution in [0.1, 0.15) is 58.3 Å². The molecule has 0 aromatic rings. The van der Waals surface area contributed by atoms with E-state index < -0.39 is 23.8 Å². The van der Waals surface area contributed by atoms with E-state index in [1.165, 1.54) is 19.3 Å². The smallest absolute Gasteiger partial charge is 0.327 e. The Morgan fingerprint density at radius 3 is 1.93 bits per heavy atom. The van der Waals surface area contributed by atoms with Crippen LogP contribution in [0.15, 0.2) is 0 Å². The number of nitrogens with one attached hydrogen (secondary N) is 4. The number of carbonyl (C=O) groups excluding carboxylic acids is 4. The number of rotatable bonds is 4. The summed E-state index contributed by atoms with van der Waals surface area (Å²) < 4.78 is 0. The van der Waals surface area contributed by atoms with Crippen molar-refractivity contribution in [1.29, 1.82) is 0 Å². The summed E-state index contributed by atoms with van der Waals surface area (Å²) in [5, 5.41) is 5.37. The third-order valence-corrected chi connectivity index (χ3v) is 6.68. The van der Waals surface area contributed by atoms with Crippen LogP contribution in [-0.4, -0.2) is 35.7 Å². The molecular weight excluding hydrogens is 348 g/mol. The lowest BCUT2D eigenvalue weighted by Gasteiger charge is -2.55. The molecule has 148 valence electrons. The highest BCUT2D eigenvalue weighted by molar-refractivity contribution is 6.35. The average molecular weight is 376 g/mol. The lowest BCUT2D eigenvalue weighted by Crippen LogP contribution is -2.58. The van der Waals surface area contributed by atoms with Crippen molar-refractivity contribution in [3.63, 3.8) is 0 Å². The van der Waals surface area contributed by atoms with E-state index in [1.54, 1.807) is 6.92 Å². The van der Waals surface area contributed by atoms with Gasteiger partial charge in [0.1, 0.15) is 6.04 Å². The fourth-order valence-electron chi connectivity index (χ4n) is 5.57. The van der Waals surface area contributed by atoms with E-state index in [1.807, 2.05) is 0 Å². The van der Waals surface area contributed by atoms with Gasteiger partial charge in [-0.2, -0.15) is 0 Å². The Bertz CT molecular complexity index is 637. The Hall–Kier alpha value is -2.12. The van der Waals surface area contributed by atoms with E-state index in [-0.39, 0.29) is 17.4 Å². The van der Waals surface area contributed by atoms with Gasteiger partial charge in [0.25, 0.3) is 5.91 Å². The van der Waals surface area contributed by atoms with Gasteiger partial charge in [-0.3, -0.25) is 30.0 Å². The molecule has 8 nitrogen and oxygen atoms in total. The Morgan fingerprint density at radius 2 is 1.41 bits per heavy atom. The highest BCUT2D eigenvalue weighted by atomic mass is 16.2. The summed E-state index contributed by atoms with van der Waals surface area (Å²) in [5.74, 6) is -0.304. The largest absolute Gasteiger partial charge is 0.345 e. The van der Waals surface area contributed by atoms with Gasteiger partial charge in [-0.15, -0.1) is 0 Å². The molecule has 4 N–H and O–H groups in total. The highest BCUT2D eigenvalue weighted by Gasteiger charge is 2.54. The Balaban J connectivity index is 1.26. The van der Waals surface area contributed by atoms with E-state index in [0.29, 0.717) is 17.8 Å². The molecule has 0 aromatic heterocycles. The molecule has 0 spiro atoms. The Labute approximate surface area is 158 Å². The topological polar surface area (TPSA) is 116 Å². The molecule has 5 saturated carbocycles. The molecule has 27 heavy (non-hydrogen) atoms. The van der Waals surface area contributed by atoms with E-state index in [9.17, 15) is 19.2 Å². The third-order valence-electron chi connectivity index (χ3n) is 6.68. The minimum Gasteiger partial charge on any atom is -0.345 e. The van der Waals surface area contributed by atoms with Gasteiger partial charge in [-0.05, 0) is 76.0 Å². The van der Waals surface area contributed by atoms with Crippen molar-refractivity contribution in [2.75, 3.05) is 0 Å². The molecule has 0 unspecified atom stereocenters. The fourth-order valence-corrected chi connectivity index (χ4v) is 5.57. The highest BCUT2D eigenvalue weighted by Crippen LogP contribution is 2.60. The molecule has 5 fully saturated rings. The standard InChI is InChI=1S/C19H28N4O4/c1-10(15(24)22-23-17(26)16(25)21-14-2-3-14)20-18(27)19-7-11-4-12(8-19)6-13(5-11)9-19/h10-14H,2-9H2,1H3,(H,20,27)(H,21,25)(H,22,24)(H,23,26)/t10-,11?,12?,13?,19?/m0/s1. The molecule has 1 atom stereocenters. The molecule has 5 aliphatic carbocycles. The first-order chi connectivity index (χ1) is 12.8. The number of carbonyl (C=O) groups is 4. The van der Waals surface area contributed by atoms with Crippen molar-refractivity contribution in [2.45, 2.75) is 70.4 Å². The zero-order chi connectivity index (χ0) is 19.2. The molecule has 0 aliphatic heterocycles. The minimum absolute atomic E-state index is 0.0398. The first-order valence-electron chi connectivity index (χ1n) is 10.1. The number of hydrogen-bond donors (Lipinski definition) is 4. The van der Waals surface area contributed by atoms with Gasteiger partial charge in [-0.1, -0.05) is 0 Å². The summed E-state index contributed by atoms with van der Waals surface area (Å²) in [6.45, 7) is 1.59. The summed E-state index contributed by atoms with van der Waals surface area (Å²) in [5.41, 5.74) is 4.00. The second-order valence-corrected chi connectivity index (χ2v) is 9.08. The predicted octanol–water partition coefficient (Wildman–Crippen LogP) is 0.134. The van der Waals surface area contributed by atoms with Gasteiger partial charge < -0.3 is 10.6 Å². The molecule has 5 aliphatic rings. The summed E-state index contributed by atoms with van der Waals surface area (Å²) in [6.07, 6.45) is 8.27. The maximum atomic E-state index is 12.9. The first-order valence-corrected chi connectivity index (χ1v) is 10.1. The van der Waals surface area contributed by atoms with Crippen LogP contribution in [0.25, 0.3) is 0 Å². The molecule has 5 rings (SSSR count). The van der Waals surface area contributed by atoms with Crippen molar-refractivity contribution in [3.05, 3.63) is 0 Å². The molecule has 0 radical (unpaired) electrons. The monoisotopic (exact) mass is 376 g/mol. The first kappa shape index (κ1) is 18.3. The predicted molar refractivity (Wildman–Crippen MR) is 95.7 cm³/mol. The lowest BCUT2D eigenvalue weighted by atomic mass is 9.49. The van der Waals surface area contributed by atoms with Crippen molar-refractivity contribution < 1.29 is 19.2 Å². The van der Waals surface area contributed by atoms with Crippen molar-refractivity contribution in [2.24, 2.45) is 23.2 Å². The van der Waals surface area contributed by atoms with Gasteiger partial charge in [-0.25, -0.2) is 0 Å². The quantitative estimate of drug-likeness (QED) is 0.412. The van der Waals surface area contributed by atoms with E-state index in [2.05, 4.69) is 21.5 Å². The normalized spacial score (nSPS) is 34.5. The molecule has 4 bridgehead atoms. The maximum Gasteiger partial charge on any atom is 0.327 e. The Morgan fingerprint density at radius 1 is 0.852 bits per heavy atom. The average Bonchev–Trinajstić information content (AvgIpc) is 3.41. The third kappa shape index (κ3) is 3.80. The van der Waals surface area contributed by atoms with Gasteiger partial charge in [0.15, 0.2) is 0 Å². The van der Waals surface area contributed by atoms with E-state index in [4.69, 9.17) is 0 Å². The van der Waals surface area contributed by atoms with Crippen LogP contribution in [0, 0.1) is 23.2 Å². The van der Waals surface area contributed by atoms with Crippen molar-refractivity contribution in [3.8, 4) is 0 Å². The van der Waals surface area contributed by atoms with Crippen LogP contribution < -0.4 is 21.5 Å². The van der Waals surface area contributed by atoms with Gasteiger partial charge in [0.05, 0.1) is 0 Å². The van der Waals surface area contributed by atoms with E-state index >= 15 is 0 Å². The summed E-state index contributed by atoms with van der Waals surface area (Å²) >= 11 is 0. The number of hydrazine groups is 1. The van der Waals surface area contributed by atoms with Crippen molar-refractivity contribution >= 4 is 23.6 Å². The van der Waals surface area contributed by atoms with Crippen LogP contribution in [0.3, 0.4) is 0 Å². The van der Waals surface area contributed by atoms with E-state index in [0.717, 1.165) is 32.1 Å². The number of amides is 4. The van der Waals surface area contributed by atoms with Crippen LogP contribution in [0.4, 0.5) is 0 Å². The second kappa shape index (κ2) is 6.80. The zero-order valence-corrected chi connectivity index (χ0v) is 15.7. The zero-order valence-electron chi connectivity index (χ0n) is 15.7. The molecular formula is C19H28N4O4. The second-order valence-electron chi connectivity index (χ2n) is 9.08. The van der Waals surface area contributed by atoms with Gasteiger partial charge in [0.2, 0.25) is 5.91 Å². The SMILES string of the molecule is C[C@H](NC(=O)C12CC3CC(CC(C3)C1)C2)C(=O)NNC(=O)C(=O)NC1CC1. The van der Waals surface area contributed by atoms with Gasteiger partial charge in [0, 0.05) is 11.5 Å². The summed E-state index contributed by atoms with van der Waals surface area (Å²) in [6, 6.07) is -0.713. The van der Waals surface area contributed by atoms with Crippen LogP contribution in [0.2, 0.25) is 0 Å². The van der Waals surface area contributed by atoms with Crippen LogP contribution in [0.5, 0.6) is 0 Å². The molecule has 0 aromatic carbocycles. The maximum absolute atomic E-state index is 12.9. The molecule has 8 heteroatoms. The number of hydrogen-bond acceptors (Lipinski definition) is 4. The molecule has 0 heterocycles. The molecule has 0 saturated heterocycles. The summed E-state index contributed by atoms with van der Waals surface area (Å²) in [4.78, 5) is 48.4. The fraction of sp³-hybridized carbons (Fsp3) is 0.789. The Kier molecular flexibility index (Phi) is 4.60. The van der Waals surface area contributed by atoms with Gasteiger partial charge >= 0.3 is 11.8 Å². The molecule has 4 amide bonds. The summed E-state index contributed by atoms with van der Waals surface area (Å²) in [7, 11) is 0. The van der Waals surface area contributed by atoms with Crippen LogP contribution in [-0.2, 0) is 19.2 Å². The lowest BCUT2D eigenvalue weighted by molar-refractivity contribution is -0.148. The van der Waals surface area contributed by atoms with Crippen molar-refractivity contribution in [1.82, 2.24) is 21.5 Å². The minimum atomic E-state index is -0.908.